The first-order valence-corrected chi connectivity index (χ1v) is 3.37. The van der Waals surface area contributed by atoms with Crippen molar-refractivity contribution in [3.63, 3.8) is 0 Å². The lowest BCUT2D eigenvalue weighted by Crippen LogP contribution is -2.26. The minimum atomic E-state index is -0.208. The molecule has 1 nitrogen and oxygen atoms in total. The summed E-state index contributed by atoms with van der Waals surface area (Å²) in [6, 6.07) is 0. The molecular formula is C4H9ClIN. The Morgan fingerprint density at radius 3 is 1.71 bits per heavy atom. The van der Waals surface area contributed by atoms with E-state index in [2.05, 4.69) is 22.9 Å². The summed E-state index contributed by atoms with van der Waals surface area (Å²) < 4.78 is 1.92. The molecule has 0 fully saturated rings. The molecule has 0 saturated carbocycles. The Bertz CT molecular complexity index is 57.2. The predicted molar refractivity (Wildman–Crippen MR) is 41.7 cm³/mol. The normalized spacial score (nSPS) is 12.9. The summed E-state index contributed by atoms with van der Waals surface area (Å²) in [4.78, 5) is -0.208. The quantitative estimate of drug-likeness (QED) is 0.291. The third-order valence-corrected chi connectivity index (χ3v) is 2.48. The fourth-order valence-corrected chi connectivity index (χ4v) is 0. The molecule has 0 rings (SSSR count). The molecule has 0 atom stereocenters. The van der Waals surface area contributed by atoms with Gasteiger partial charge in [0.1, 0.15) is 0 Å². The molecule has 0 aliphatic heterocycles. The number of nitrogens with zero attached hydrogens (tertiary/aromatic N) is 1. The molecule has 0 heterocycles. The first kappa shape index (κ1) is 7.98. The van der Waals surface area contributed by atoms with Crippen LogP contribution in [0.4, 0.5) is 0 Å². The van der Waals surface area contributed by atoms with E-state index >= 15 is 0 Å². The molecule has 0 aromatic heterocycles. The van der Waals surface area contributed by atoms with E-state index in [0.29, 0.717) is 0 Å². The van der Waals surface area contributed by atoms with Crippen molar-refractivity contribution in [2.75, 3.05) is 7.05 Å². The van der Waals surface area contributed by atoms with Gasteiger partial charge in [0.25, 0.3) is 0 Å². The molecule has 0 aromatic rings. The van der Waals surface area contributed by atoms with Crippen LogP contribution in [0, 0.1) is 0 Å². The highest BCUT2D eigenvalue weighted by Crippen LogP contribution is 2.19. The molecule has 0 unspecified atom stereocenters. The van der Waals surface area contributed by atoms with E-state index in [1.54, 1.807) is 0 Å². The first-order chi connectivity index (χ1) is 2.94. The molecule has 0 aliphatic carbocycles. The Morgan fingerprint density at radius 1 is 1.57 bits per heavy atom. The Hall–Kier alpha value is 0.980. The summed E-state index contributed by atoms with van der Waals surface area (Å²) in [5.74, 6) is 0. The van der Waals surface area contributed by atoms with Crippen LogP contribution >= 0.6 is 34.5 Å². The van der Waals surface area contributed by atoms with Gasteiger partial charge < -0.3 is 0 Å². The molecule has 0 bridgehead atoms. The van der Waals surface area contributed by atoms with Crippen LogP contribution in [0.1, 0.15) is 13.8 Å². The minimum absolute atomic E-state index is 0.208. The third-order valence-electron chi connectivity index (χ3n) is 0.733. The predicted octanol–water partition coefficient (Wildman–Crippen LogP) is 2.24. The van der Waals surface area contributed by atoms with Crippen LogP contribution in [0.15, 0.2) is 0 Å². The molecule has 7 heavy (non-hydrogen) atoms. The largest absolute Gasteiger partial charge is 0.231 e. The number of rotatable bonds is 1. The van der Waals surface area contributed by atoms with Gasteiger partial charge in [0, 0.05) is 22.9 Å². The van der Waals surface area contributed by atoms with Gasteiger partial charge in [0.2, 0.25) is 0 Å². The van der Waals surface area contributed by atoms with E-state index < -0.39 is 0 Å². The van der Waals surface area contributed by atoms with Crippen LogP contribution in [0.2, 0.25) is 0 Å². The molecule has 0 aliphatic rings. The van der Waals surface area contributed by atoms with Gasteiger partial charge in [-0.1, -0.05) is 0 Å². The highest BCUT2D eigenvalue weighted by Gasteiger charge is 2.15. The smallest absolute Gasteiger partial charge is 0.0985 e. The Morgan fingerprint density at radius 2 is 1.71 bits per heavy atom. The van der Waals surface area contributed by atoms with Crippen molar-refractivity contribution in [1.82, 2.24) is 3.11 Å². The summed E-state index contributed by atoms with van der Waals surface area (Å²) >= 11 is 7.94. The van der Waals surface area contributed by atoms with Gasteiger partial charge >= 0.3 is 0 Å². The molecule has 44 valence electrons. The fraction of sp³-hybridized carbons (Fsp3) is 1.00. The monoisotopic (exact) mass is 233 g/mol. The van der Waals surface area contributed by atoms with Crippen LogP contribution in [0.25, 0.3) is 0 Å². The average Bonchev–Trinajstić information content (AvgIpc) is 1.31. The van der Waals surface area contributed by atoms with E-state index in [4.69, 9.17) is 11.6 Å². The van der Waals surface area contributed by atoms with Gasteiger partial charge in [-0.3, -0.25) is 0 Å². The van der Waals surface area contributed by atoms with Crippen molar-refractivity contribution in [2.45, 2.75) is 18.8 Å². The van der Waals surface area contributed by atoms with Crippen LogP contribution in [-0.2, 0) is 0 Å². The molecule has 0 radical (unpaired) electrons. The van der Waals surface area contributed by atoms with Crippen LogP contribution < -0.4 is 0 Å². The van der Waals surface area contributed by atoms with Gasteiger partial charge in [-0.05, 0) is 20.9 Å². The zero-order valence-corrected chi connectivity index (χ0v) is 7.62. The number of halogens is 2. The second-order valence-electron chi connectivity index (χ2n) is 1.89. The van der Waals surface area contributed by atoms with Gasteiger partial charge in [0.05, 0.1) is 5.00 Å². The van der Waals surface area contributed by atoms with E-state index in [9.17, 15) is 0 Å². The highest BCUT2D eigenvalue weighted by atomic mass is 127. The Balaban J connectivity index is 3.54. The van der Waals surface area contributed by atoms with E-state index in [0.717, 1.165) is 0 Å². The number of hydrogen-bond donors (Lipinski definition) is 0. The van der Waals surface area contributed by atoms with Gasteiger partial charge in [-0.25, -0.2) is 3.11 Å². The molecule has 0 amide bonds. The molecular weight excluding hydrogens is 224 g/mol. The highest BCUT2D eigenvalue weighted by molar-refractivity contribution is 14.1. The van der Waals surface area contributed by atoms with Gasteiger partial charge in [0.15, 0.2) is 0 Å². The minimum Gasteiger partial charge on any atom is -0.231 e. The van der Waals surface area contributed by atoms with Crippen LogP contribution in [0.5, 0.6) is 0 Å². The lowest BCUT2D eigenvalue weighted by Gasteiger charge is -2.21. The maximum absolute atomic E-state index is 5.79. The zero-order valence-electron chi connectivity index (χ0n) is 4.70. The SMILES string of the molecule is CN(I)C(C)(C)Cl. The maximum Gasteiger partial charge on any atom is 0.0985 e. The topological polar surface area (TPSA) is 3.24 Å². The molecule has 0 spiro atoms. The Kier molecular flexibility index (Phi) is 2.86. The van der Waals surface area contributed by atoms with Crippen molar-refractivity contribution in [3.05, 3.63) is 0 Å². The molecule has 0 saturated heterocycles. The van der Waals surface area contributed by atoms with E-state index in [-0.39, 0.29) is 5.00 Å². The molecule has 0 N–H and O–H groups in total. The lowest BCUT2D eigenvalue weighted by molar-refractivity contribution is 0.447. The summed E-state index contributed by atoms with van der Waals surface area (Å²) in [5, 5.41) is 0. The molecule has 3 heteroatoms. The van der Waals surface area contributed by atoms with Crippen molar-refractivity contribution >= 4 is 34.5 Å². The summed E-state index contributed by atoms with van der Waals surface area (Å²) in [6.07, 6.45) is 0. The second kappa shape index (κ2) is 2.51. The maximum atomic E-state index is 5.79. The third kappa shape index (κ3) is 3.55. The fourth-order valence-electron chi connectivity index (χ4n) is 0. The standard InChI is InChI=1S/C4H9ClIN/c1-4(2,5)7(3)6/h1-3H3. The summed E-state index contributed by atoms with van der Waals surface area (Å²) in [6.45, 7) is 3.89. The van der Waals surface area contributed by atoms with Crippen molar-refractivity contribution in [2.24, 2.45) is 0 Å². The van der Waals surface area contributed by atoms with Crippen LogP contribution in [0.3, 0.4) is 0 Å². The van der Waals surface area contributed by atoms with E-state index in [1.807, 2.05) is 24.0 Å². The second-order valence-corrected chi connectivity index (χ2v) is 4.26. The van der Waals surface area contributed by atoms with Crippen molar-refractivity contribution < 1.29 is 0 Å². The summed E-state index contributed by atoms with van der Waals surface area (Å²) in [7, 11) is 1.94. The summed E-state index contributed by atoms with van der Waals surface area (Å²) in [5.41, 5.74) is 0. The molecule has 0 aromatic carbocycles. The van der Waals surface area contributed by atoms with Crippen molar-refractivity contribution in [3.8, 4) is 0 Å². The lowest BCUT2D eigenvalue weighted by atomic mass is 10.4. The number of hydrogen-bond acceptors (Lipinski definition) is 1. The Labute approximate surface area is 63.5 Å². The average molecular weight is 233 g/mol. The first-order valence-electron chi connectivity index (χ1n) is 2.03. The van der Waals surface area contributed by atoms with Crippen LogP contribution in [-0.4, -0.2) is 15.2 Å². The zero-order chi connectivity index (χ0) is 6.08. The van der Waals surface area contributed by atoms with Gasteiger partial charge in [-0.15, -0.1) is 11.6 Å². The van der Waals surface area contributed by atoms with Crippen molar-refractivity contribution in [1.29, 1.82) is 0 Å². The van der Waals surface area contributed by atoms with Gasteiger partial charge in [-0.2, -0.15) is 0 Å². The number of alkyl halides is 1. The van der Waals surface area contributed by atoms with E-state index in [1.165, 1.54) is 0 Å².